The summed E-state index contributed by atoms with van der Waals surface area (Å²) in [5.74, 6) is 0.826. The maximum Gasteiger partial charge on any atom is 0.266 e. The molecule has 6 heteroatoms. The van der Waals surface area contributed by atoms with Crippen LogP contribution >= 0.6 is 11.8 Å². The molecular formula is C23H18N2O3S. The molecule has 0 aliphatic carbocycles. The first-order chi connectivity index (χ1) is 14.2. The fraction of sp³-hybridized carbons (Fsp3) is 0.0870. The number of fused-ring (bicyclic) bond motifs is 1. The van der Waals surface area contributed by atoms with E-state index in [2.05, 4.69) is 4.98 Å². The van der Waals surface area contributed by atoms with E-state index in [4.69, 9.17) is 4.74 Å². The average molecular weight is 402 g/mol. The van der Waals surface area contributed by atoms with E-state index in [1.54, 1.807) is 48.1 Å². The number of benzene rings is 3. The van der Waals surface area contributed by atoms with Crippen molar-refractivity contribution in [3.05, 3.63) is 94.8 Å². The zero-order valence-corrected chi connectivity index (χ0v) is 16.6. The lowest BCUT2D eigenvalue weighted by Crippen LogP contribution is -2.22. The minimum Gasteiger partial charge on any atom is -0.497 e. The van der Waals surface area contributed by atoms with E-state index < -0.39 is 0 Å². The summed E-state index contributed by atoms with van der Waals surface area (Å²) >= 11 is 1.25. The highest BCUT2D eigenvalue weighted by atomic mass is 32.2. The Balaban J connectivity index is 1.70. The van der Waals surface area contributed by atoms with Gasteiger partial charge < -0.3 is 4.74 Å². The summed E-state index contributed by atoms with van der Waals surface area (Å²) in [5.41, 5.74) is 1.77. The van der Waals surface area contributed by atoms with Gasteiger partial charge >= 0.3 is 0 Å². The van der Waals surface area contributed by atoms with Gasteiger partial charge in [-0.25, -0.2) is 4.98 Å². The van der Waals surface area contributed by atoms with Crippen LogP contribution in [-0.4, -0.2) is 28.2 Å². The molecule has 0 aliphatic heterocycles. The number of Topliss-reactive ketones (excluding diaryl/α,β-unsaturated/α-hetero) is 1. The van der Waals surface area contributed by atoms with Crippen LogP contribution in [0.5, 0.6) is 5.75 Å². The first-order valence-corrected chi connectivity index (χ1v) is 10.0. The van der Waals surface area contributed by atoms with Crippen LogP contribution in [0.1, 0.15) is 10.4 Å². The van der Waals surface area contributed by atoms with Gasteiger partial charge in [-0.3, -0.25) is 14.2 Å². The van der Waals surface area contributed by atoms with Gasteiger partial charge in [-0.1, -0.05) is 42.1 Å². The Labute approximate surface area is 172 Å². The molecule has 0 atom stereocenters. The second-order valence-corrected chi connectivity index (χ2v) is 7.27. The molecule has 29 heavy (non-hydrogen) atoms. The van der Waals surface area contributed by atoms with E-state index >= 15 is 0 Å². The maximum atomic E-state index is 13.1. The van der Waals surface area contributed by atoms with E-state index in [0.717, 1.165) is 5.69 Å². The molecule has 3 aromatic carbocycles. The fourth-order valence-corrected chi connectivity index (χ4v) is 3.91. The lowest BCUT2D eigenvalue weighted by molar-refractivity contribution is 0.102. The molecule has 0 N–H and O–H groups in total. The number of ether oxygens (including phenoxy) is 1. The number of nitrogens with zero attached hydrogens (tertiary/aromatic N) is 2. The highest BCUT2D eigenvalue weighted by Gasteiger charge is 2.15. The van der Waals surface area contributed by atoms with Crippen LogP contribution in [0.4, 0.5) is 0 Å². The summed E-state index contributed by atoms with van der Waals surface area (Å²) in [5, 5.41) is 1.03. The topological polar surface area (TPSA) is 61.2 Å². The van der Waals surface area contributed by atoms with Crippen molar-refractivity contribution in [3.8, 4) is 11.4 Å². The first-order valence-electron chi connectivity index (χ1n) is 9.04. The average Bonchev–Trinajstić information content (AvgIpc) is 2.78. The second-order valence-electron chi connectivity index (χ2n) is 6.33. The number of thioether (sulfide) groups is 1. The van der Waals surface area contributed by atoms with Crippen molar-refractivity contribution in [3.63, 3.8) is 0 Å². The lowest BCUT2D eigenvalue weighted by atomic mass is 10.1. The van der Waals surface area contributed by atoms with Gasteiger partial charge in [0.15, 0.2) is 10.9 Å². The molecule has 0 bridgehead atoms. The molecule has 0 saturated heterocycles. The number of hydrogen-bond acceptors (Lipinski definition) is 5. The Morgan fingerprint density at radius 3 is 2.38 bits per heavy atom. The highest BCUT2D eigenvalue weighted by molar-refractivity contribution is 7.99. The van der Waals surface area contributed by atoms with Gasteiger partial charge in [-0.15, -0.1) is 0 Å². The number of carbonyl (C=O) groups is 1. The molecule has 0 fully saturated rings. The van der Waals surface area contributed by atoms with Crippen LogP contribution < -0.4 is 10.3 Å². The normalized spacial score (nSPS) is 10.8. The predicted molar refractivity (Wildman–Crippen MR) is 115 cm³/mol. The Bertz CT molecular complexity index is 1220. The van der Waals surface area contributed by atoms with Crippen molar-refractivity contribution in [1.29, 1.82) is 0 Å². The smallest absolute Gasteiger partial charge is 0.266 e. The largest absolute Gasteiger partial charge is 0.497 e. The van der Waals surface area contributed by atoms with Crippen LogP contribution in [0.2, 0.25) is 0 Å². The van der Waals surface area contributed by atoms with Gasteiger partial charge in [-0.05, 0) is 48.5 Å². The third kappa shape index (κ3) is 3.93. The molecule has 5 nitrogen and oxygen atoms in total. The molecule has 0 unspecified atom stereocenters. The van der Waals surface area contributed by atoms with Crippen molar-refractivity contribution < 1.29 is 9.53 Å². The number of methoxy groups -OCH3 is 1. The van der Waals surface area contributed by atoms with Crippen LogP contribution in [0.25, 0.3) is 16.6 Å². The minimum absolute atomic E-state index is 0.0420. The quantitative estimate of drug-likeness (QED) is 0.272. The van der Waals surface area contributed by atoms with Crippen molar-refractivity contribution in [2.24, 2.45) is 0 Å². The molecule has 1 aromatic heterocycles. The second kappa shape index (κ2) is 8.32. The van der Waals surface area contributed by atoms with Crippen LogP contribution in [0, 0.1) is 0 Å². The monoisotopic (exact) mass is 402 g/mol. The molecule has 4 aromatic rings. The third-order valence-corrected chi connectivity index (χ3v) is 5.44. The summed E-state index contributed by atoms with van der Waals surface area (Å²) in [6, 6.07) is 23.6. The Kier molecular flexibility index (Phi) is 5.44. The Morgan fingerprint density at radius 1 is 0.966 bits per heavy atom. The zero-order valence-electron chi connectivity index (χ0n) is 15.7. The number of aromatic nitrogens is 2. The van der Waals surface area contributed by atoms with Crippen LogP contribution in [0.15, 0.2) is 88.8 Å². The van der Waals surface area contributed by atoms with Gasteiger partial charge in [0.2, 0.25) is 0 Å². The third-order valence-electron chi connectivity index (χ3n) is 4.50. The van der Waals surface area contributed by atoms with Gasteiger partial charge in [0.1, 0.15) is 5.75 Å². The van der Waals surface area contributed by atoms with E-state index in [9.17, 15) is 9.59 Å². The van der Waals surface area contributed by atoms with Crippen molar-refractivity contribution in [2.75, 3.05) is 12.9 Å². The van der Waals surface area contributed by atoms with E-state index in [1.807, 2.05) is 42.5 Å². The maximum absolute atomic E-state index is 13.1. The van der Waals surface area contributed by atoms with Gasteiger partial charge in [0, 0.05) is 5.56 Å². The van der Waals surface area contributed by atoms with E-state index in [1.165, 1.54) is 11.8 Å². The predicted octanol–water partition coefficient (Wildman–Crippen LogP) is 4.37. The van der Waals surface area contributed by atoms with Gasteiger partial charge in [-0.2, -0.15) is 0 Å². The molecule has 0 amide bonds. The molecule has 0 saturated carbocycles. The van der Waals surface area contributed by atoms with Crippen molar-refractivity contribution in [2.45, 2.75) is 5.16 Å². The van der Waals surface area contributed by atoms with Crippen molar-refractivity contribution >= 4 is 28.4 Å². The summed E-state index contributed by atoms with van der Waals surface area (Å²) in [4.78, 5) is 30.4. The van der Waals surface area contributed by atoms with Gasteiger partial charge in [0.05, 0.1) is 29.5 Å². The molecular weight excluding hydrogens is 384 g/mol. The summed E-state index contributed by atoms with van der Waals surface area (Å²) < 4.78 is 6.70. The summed E-state index contributed by atoms with van der Waals surface area (Å²) in [7, 11) is 1.58. The lowest BCUT2D eigenvalue weighted by Gasteiger charge is -2.13. The number of hydrogen-bond donors (Lipinski definition) is 0. The first kappa shape index (κ1) is 19.0. The minimum atomic E-state index is -0.152. The molecule has 0 aliphatic rings. The van der Waals surface area contributed by atoms with Crippen LogP contribution in [0.3, 0.4) is 0 Å². The standard InChI is InChI=1S/C23H18N2O3S/c1-28-18-13-11-16(12-14-18)21(26)15-29-23-24-20-10-6-5-9-19(20)22(27)25(23)17-7-3-2-4-8-17/h2-14H,15H2,1H3. The number of ketones is 1. The Hall–Kier alpha value is -3.38. The molecule has 4 rings (SSSR count). The fourth-order valence-electron chi connectivity index (χ4n) is 3.00. The number of para-hydroxylation sites is 2. The highest BCUT2D eigenvalue weighted by Crippen LogP contribution is 2.22. The zero-order chi connectivity index (χ0) is 20.2. The van der Waals surface area contributed by atoms with Crippen LogP contribution in [-0.2, 0) is 0 Å². The van der Waals surface area contributed by atoms with Gasteiger partial charge in [0.25, 0.3) is 5.56 Å². The SMILES string of the molecule is COc1ccc(C(=O)CSc2nc3ccccc3c(=O)n2-c2ccccc2)cc1. The summed E-state index contributed by atoms with van der Waals surface area (Å²) in [6.07, 6.45) is 0. The molecule has 1 heterocycles. The number of carbonyl (C=O) groups excluding carboxylic acids is 1. The van der Waals surface area contributed by atoms with E-state index in [-0.39, 0.29) is 17.1 Å². The van der Waals surface area contributed by atoms with Crippen molar-refractivity contribution in [1.82, 2.24) is 9.55 Å². The molecule has 0 spiro atoms. The summed E-state index contributed by atoms with van der Waals surface area (Å²) in [6.45, 7) is 0. The van der Waals surface area contributed by atoms with E-state index in [0.29, 0.717) is 27.4 Å². The molecule has 0 radical (unpaired) electrons. The Morgan fingerprint density at radius 2 is 1.66 bits per heavy atom. The number of rotatable bonds is 6. The molecule has 144 valence electrons.